The normalized spacial score (nSPS) is 10.4. The molecule has 120 valence electrons. The number of aromatic nitrogens is 1. The Morgan fingerprint density at radius 2 is 1.83 bits per heavy atom. The molecule has 0 radical (unpaired) electrons. The van der Waals surface area contributed by atoms with Crippen LogP contribution in [0.4, 0.5) is 10.2 Å². The van der Waals surface area contributed by atoms with Crippen LogP contribution in [-0.2, 0) is 0 Å². The number of fused-ring (bicyclic) bond motifs is 1. The fourth-order valence-corrected chi connectivity index (χ4v) is 2.67. The van der Waals surface area contributed by atoms with Crippen molar-refractivity contribution in [2.45, 2.75) is 0 Å². The van der Waals surface area contributed by atoms with Crippen LogP contribution in [0.15, 0.2) is 36.4 Å². The Kier molecular flexibility index (Phi) is 3.92. The third kappa shape index (κ3) is 2.46. The van der Waals surface area contributed by atoms with Crippen molar-refractivity contribution in [3.63, 3.8) is 0 Å². The SMILES string of the molecule is COc1cc2nc(N)c(C#N)c(-c3cccc(F)c3)c2cc1OC. The number of nitriles is 1. The largest absolute Gasteiger partial charge is 0.493 e. The zero-order chi connectivity index (χ0) is 17.3. The molecule has 0 saturated carbocycles. The Morgan fingerprint density at radius 1 is 1.12 bits per heavy atom. The smallest absolute Gasteiger partial charge is 0.162 e. The number of benzene rings is 2. The lowest BCUT2D eigenvalue weighted by atomic mass is 9.95. The van der Waals surface area contributed by atoms with Gasteiger partial charge in [0.1, 0.15) is 23.3 Å². The summed E-state index contributed by atoms with van der Waals surface area (Å²) in [5.74, 6) is 0.654. The van der Waals surface area contributed by atoms with E-state index in [-0.39, 0.29) is 11.4 Å². The first-order valence-electron chi connectivity index (χ1n) is 7.10. The zero-order valence-electron chi connectivity index (χ0n) is 13.1. The molecule has 0 amide bonds. The van der Waals surface area contributed by atoms with E-state index >= 15 is 0 Å². The second-order valence-corrected chi connectivity index (χ2v) is 5.09. The Labute approximate surface area is 138 Å². The average molecular weight is 323 g/mol. The van der Waals surface area contributed by atoms with E-state index in [1.807, 2.05) is 0 Å². The molecule has 5 nitrogen and oxygen atoms in total. The van der Waals surface area contributed by atoms with Crippen LogP contribution in [-0.4, -0.2) is 19.2 Å². The van der Waals surface area contributed by atoms with Crippen molar-refractivity contribution in [1.29, 1.82) is 5.26 Å². The minimum atomic E-state index is -0.402. The summed E-state index contributed by atoms with van der Waals surface area (Å²) in [4.78, 5) is 4.27. The molecule has 0 bridgehead atoms. The number of ether oxygens (including phenoxy) is 2. The van der Waals surface area contributed by atoms with Crippen molar-refractivity contribution in [2.24, 2.45) is 0 Å². The van der Waals surface area contributed by atoms with E-state index in [1.165, 1.54) is 26.4 Å². The molecule has 0 atom stereocenters. The fourth-order valence-electron chi connectivity index (χ4n) is 2.67. The summed E-state index contributed by atoms with van der Waals surface area (Å²) in [7, 11) is 3.03. The number of hydrogen-bond acceptors (Lipinski definition) is 5. The van der Waals surface area contributed by atoms with Crippen LogP contribution in [0.25, 0.3) is 22.0 Å². The molecule has 0 spiro atoms. The summed E-state index contributed by atoms with van der Waals surface area (Å²) in [6, 6.07) is 11.4. The molecule has 2 N–H and O–H groups in total. The van der Waals surface area contributed by atoms with Gasteiger partial charge in [0.05, 0.1) is 19.7 Å². The molecule has 3 rings (SSSR count). The topological polar surface area (TPSA) is 81.2 Å². The molecule has 2 aromatic carbocycles. The maximum atomic E-state index is 13.7. The van der Waals surface area contributed by atoms with E-state index in [9.17, 15) is 9.65 Å². The van der Waals surface area contributed by atoms with Crippen molar-refractivity contribution in [1.82, 2.24) is 4.98 Å². The predicted octanol–water partition coefficient (Wildman–Crippen LogP) is 3.51. The second-order valence-electron chi connectivity index (χ2n) is 5.09. The van der Waals surface area contributed by atoms with Gasteiger partial charge < -0.3 is 15.2 Å². The number of pyridine rings is 1. The molecule has 0 aliphatic rings. The number of anilines is 1. The lowest BCUT2D eigenvalue weighted by Gasteiger charge is -2.14. The first-order valence-corrected chi connectivity index (χ1v) is 7.10. The number of nitrogens with two attached hydrogens (primary N) is 1. The van der Waals surface area contributed by atoms with Gasteiger partial charge in [-0.1, -0.05) is 12.1 Å². The van der Waals surface area contributed by atoms with Gasteiger partial charge in [0.15, 0.2) is 11.5 Å². The van der Waals surface area contributed by atoms with Crippen LogP contribution >= 0.6 is 0 Å². The third-order valence-electron chi connectivity index (χ3n) is 3.74. The minimum absolute atomic E-state index is 0.0801. The highest BCUT2D eigenvalue weighted by Gasteiger charge is 2.18. The van der Waals surface area contributed by atoms with Gasteiger partial charge in [0, 0.05) is 17.0 Å². The number of halogens is 1. The molecule has 3 aromatic rings. The molecule has 0 aliphatic carbocycles. The number of nitrogens with zero attached hydrogens (tertiary/aromatic N) is 2. The van der Waals surface area contributed by atoms with Gasteiger partial charge in [-0.05, 0) is 23.8 Å². The molecule has 24 heavy (non-hydrogen) atoms. The highest BCUT2D eigenvalue weighted by Crippen LogP contribution is 2.39. The summed E-state index contributed by atoms with van der Waals surface area (Å²) >= 11 is 0. The van der Waals surface area contributed by atoms with Crippen LogP contribution < -0.4 is 15.2 Å². The first-order chi connectivity index (χ1) is 11.6. The summed E-state index contributed by atoms with van der Waals surface area (Å²) in [5, 5.41) is 10.1. The standard InChI is InChI=1S/C18H14FN3O2/c1-23-15-7-12-14(8-16(15)24-2)22-18(21)13(9-20)17(12)10-4-3-5-11(19)6-10/h3-8H,1-2H3,(H2,21,22). The van der Waals surface area contributed by atoms with Crippen LogP contribution in [0.3, 0.4) is 0 Å². The number of nitrogen functional groups attached to an aromatic ring is 1. The molecule has 6 heteroatoms. The lowest BCUT2D eigenvalue weighted by molar-refractivity contribution is 0.356. The molecular weight excluding hydrogens is 309 g/mol. The van der Waals surface area contributed by atoms with Gasteiger partial charge in [-0.2, -0.15) is 5.26 Å². The monoisotopic (exact) mass is 323 g/mol. The van der Waals surface area contributed by atoms with E-state index in [2.05, 4.69) is 11.1 Å². The third-order valence-corrected chi connectivity index (χ3v) is 3.74. The number of methoxy groups -OCH3 is 2. The zero-order valence-corrected chi connectivity index (χ0v) is 13.1. The highest BCUT2D eigenvalue weighted by atomic mass is 19.1. The average Bonchev–Trinajstić information content (AvgIpc) is 2.59. The van der Waals surface area contributed by atoms with E-state index in [1.54, 1.807) is 24.3 Å². The molecule has 1 aromatic heterocycles. The van der Waals surface area contributed by atoms with E-state index in [0.717, 1.165) is 0 Å². The quantitative estimate of drug-likeness (QED) is 0.797. The lowest BCUT2D eigenvalue weighted by Crippen LogP contribution is -2.00. The molecular formula is C18H14FN3O2. The van der Waals surface area contributed by atoms with Crippen molar-refractivity contribution in [3.05, 3.63) is 47.8 Å². The maximum Gasteiger partial charge on any atom is 0.162 e. The van der Waals surface area contributed by atoms with Crippen LogP contribution in [0.2, 0.25) is 0 Å². The fraction of sp³-hybridized carbons (Fsp3) is 0.111. The van der Waals surface area contributed by atoms with Gasteiger partial charge in [0.2, 0.25) is 0 Å². The van der Waals surface area contributed by atoms with Crippen LogP contribution in [0, 0.1) is 17.1 Å². The molecule has 0 unspecified atom stereocenters. The predicted molar refractivity (Wildman–Crippen MR) is 89.4 cm³/mol. The van der Waals surface area contributed by atoms with Crippen molar-refractivity contribution >= 4 is 16.7 Å². The van der Waals surface area contributed by atoms with Crippen molar-refractivity contribution in [3.8, 4) is 28.7 Å². The Hall–Kier alpha value is -3.33. The van der Waals surface area contributed by atoms with Gasteiger partial charge >= 0.3 is 0 Å². The van der Waals surface area contributed by atoms with Crippen LogP contribution in [0.1, 0.15) is 5.56 Å². The summed E-state index contributed by atoms with van der Waals surface area (Å²) in [5.41, 5.74) is 7.72. The van der Waals surface area contributed by atoms with Gasteiger partial charge in [-0.25, -0.2) is 9.37 Å². The number of hydrogen-bond donors (Lipinski definition) is 1. The van der Waals surface area contributed by atoms with E-state index in [0.29, 0.717) is 33.5 Å². The maximum absolute atomic E-state index is 13.7. The van der Waals surface area contributed by atoms with Crippen LogP contribution in [0.5, 0.6) is 11.5 Å². The van der Waals surface area contributed by atoms with Crippen molar-refractivity contribution < 1.29 is 13.9 Å². The molecule has 0 fully saturated rings. The van der Waals surface area contributed by atoms with Crippen molar-refractivity contribution in [2.75, 3.05) is 20.0 Å². The summed E-state index contributed by atoms with van der Waals surface area (Å²) in [6.07, 6.45) is 0. The molecule has 0 aliphatic heterocycles. The van der Waals surface area contributed by atoms with Gasteiger partial charge in [-0.15, -0.1) is 0 Å². The highest BCUT2D eigenvalue weighted by molar-refractivity contribution is 6.01. The van der Waals surface area contributed by atoms with Gasteiger partial charge in [0.25, 0.3) is 0 Å². The minimum Gasteiger partial charge on any atom is -0.493 e. The Balaban J connectivity index is 2.46. The van der Waals surface area contributed by atoms with Gasteiger partial charge in [-0.3, -0.25) is 0 Å². The Morgan fingerprint density at radius 3 is 2.46 bits per heavy atom. The summed E-state index contributed by atoms with van der Waals surface area (Å²) < 4.78 is 24.3. The molecule has 1 heterocycles. The second kappa shape index (κ2) is 6.05. The van der Waals surface area contributed by atoms with E-state index < -0.39 is 5.82 Å². The number of rotatable bonds is 3. The van der Waals surface area contributed by atoms with E-state index in [4.69, 9.17) is 15.2 Å². The summed E-state index contributed by atoms with van der Waals surface area (Å²) in [6.45, 7) is 0. The molecule has 0 saturated heterocycles. The first kappa shape index (κ1) is 15.6. The Bertz CT molecular complexity index is 980.